The normalized spacial score (nSPS) is 9.55. The molecule has 20 heavy (non-hydrogen) atoms. The molecular formula is C13H9FN6. The Labute approximate surface area is 114 Å². The number of imidazole rings is 1. The molecule has 0 spiro atoms. The average molecular weight is 268 g/mol. The van der Waals surface area contributed by atoms with Crippen molar-refractivity contribution in [1.82, 2.24) is 9.55 Å². The second-order valence-corrected chi connectivity index (χ2v) is 3.84. The summed E-state index contributed by atoms with van der Waals surface area (Å²) in [6, 6.07) is 8.95. The van der Waals surface area contributed by atoms with E-state index in [-0.39, 0.29) is 28.6 Å². The number of anilines is 1. The number of halogens is 1. The SMILES string of the molecule is N#CC(C#N)=C(N)c1ncn(-c2ccc(F)cc2)c1N. The van der Waals surface area contributed by atoms with Gasteiger partial charge in [-0.05, 0) is 24.3 Å². The van der Waals surface area contributed by atoms with Gasteiger partial charge in [0.1, 0.15) is 35.8 Å². The van der Waals surface area contributed by atoms with Crippen molar-refractivity contribution < 1.29 is 4.39 Å². The van der Waals surface area contributed by atoms with Crippen LogP contribution in [0.15, 0.2) is 36.2 Å². The van der Waals surface area contributed by atoms with Gasteiger partial charge in [0.25, 0.3) is 0 Å². The van der Waals surface area contributed by atoms with Crippen LogP contribution in [0.1, 0.15) is 5.69 Å². The van der Waals surface area contributed by atoms with Gasteiger partial charge >= 0.3 is 0 Å². The number of nitrogens with two attached hydrogens (primary N) is 2. The van der Waals surface area contributed by atoms with E-state index in [2.05, 4.69) is 4.98 Å². The highest BCUT2D eigenvalue weighted by molar-refractivity contribution is 5.76. The predicted molar refractivity (Wildman–Crippen MR) is 70.3 cm³/mol. The topological polar surface area (TPSA) is 117 Å². The molecule has 2 aromatic rings. The van der Waals surface area contributed by atoms with Crippen LogP contribution in [0.25, 0.3) is 11.4 Å². The van der Waals surface area contributed by atoms with Gasteiger partial charge < -0.3 is 11.5 Å². The maximum absolute atomic E-state index is 12.9. The van der Waals surface area contributed by atoms with Crippen molar-refractivity contribution in [1.29, 1.82) is 10.5 Å². The monoisotopic (exact) mass is 268 g/mol. The molecule has 0 amide bonds. The zero-order valence-electron chi connectivity index (χ0n) is 10.2. The molecule has 0 aliphatic rings. The predicted octanol–water partition coefficient (Wildman–Crippen LogP) is 1.31. The third-order valence-corrected chi connectivity index (χ3v) is 2.66. The van der Waals surface area contributed by atoms with Crippen LogP contribution in [0.3, 0.4) is 0 Å². The van der Waals surface area contributed by atoms with Gasteiger partial charge in [-0.15, -0.1) is 0 Å². The van der Waals surface area contributed by atoms with Crippen LogP contribution in [0.5, 0.6) is 0 Å². The van der Waals surface area contributed by atoms with Crippen molar-refractivity contribution in [2.45, 2.75) is 0 Å². The first kappa shape index (κ1) is 13.1. The highest BCUT2D eigenvalue weighted by atomic mass is 19.1. The highest BCUT2D eigenvalue weighted by Crippen LogP contribution is 2.22. The molecule has 0 radical (unpaired) electrons. The Balaban J connectivity index is 2.53. The number of nitrogens with zero attached hydrogens (tertiary/aromatic N) is 4. The minimum atomic E-state index is -0.372. The fourth-order valence-electron chi connectivity index (χ4n) is 1.64. The minimum Gasteiger partial charge on any atom is -0.395 e. The van der Waals surface area contributed by atoms with E-state index in [0.29, 0.717) is 5.69 Å². The van der Waals surface area contributed by atoms with Crippen molar-refractivity contribution in [2.75, 3.05) is 5.73 Å². The lowest BCUT2D eigenvalue weighted by molar-refractivity contribution is 0.627. The smallest absolute Gasteiger partial charge is 0.154 e. The van der Waals surface area contributed by atoms with Gasteiger partial charge in [0, 0.05) is 5.69 Å². The Morgan fingerprint density at radius 2 is 1.80 bits per heavy atom. The van der Waals surface area contributed by atoms with Gasteiger partial charge in [-0.2, -0.15) is 10.5 Å². The van der Waals surface area contributed by atoms with Crippen LogP contribution in [-0.2, 0) is 0 Å². The van der Waals surface area contributed by atoms with Gasteiger partial charge in [-0.1, -0.05) is 0 Å². The second kappa shape index (κ2) is 5.12. The van der Waals surface area contributed by atoms with E-state index >= 15 is 0 Å². The van der Waals surface area contributed by atoms with E-state index in [9.17, 15) is 4.39 Å². The fraction of sp³-hybridized carbons (Fsp3) is 0. The van der Waals surface area contributed by atoms with Gasteiger partial charge in [-0.25, -0.2) is 9.37 Å². The number of rotatable bonds is 2. The summed E-state index contributed by atoms with van der Waals surface area (Å²) in [6.45, 7) is 0. The molecule has 0 atom stereocenters. The van der Waals surface area contributed by atoms with E-state index in [1.807, 2.05) is 0 Å². The lowest BCUT2D eigenvalue weighted by Crippen LogP contribution is -2.06. The first-order valence-corrected chi connectivity index (χ1v) is 5.47. The first-order valence-electron chi connectivity index (χ1n) is 5.47. The number of nitrogen functional groups attached to an aromatic ring is 1. The summed E-state index contributed by atoms with van der Waals surface area (Å²) in [4.78, 5) is 3.99. The molecule has 1 aromatic heterocycles. The Bertz CT molecular complexity index is 742. The van der Waals surface area contributed by atoms with Gasteiger partial charge in [-0.3, -0.25) is 4.57 Å². The van der Waals surface area contributed by atoms with Crippen LogP contribution < -0.4 is 11.5 Å². The molecule has 0 aliphatic carbocycles. The quantitative estimate of drug-likeness (QED) is 0.796. The van der Waals surface area contributed by atoms with Crippen LogP contribution in [0.4, 0.5) is 10.2 Å². The van der Waals surface area contributed by atoms with E-state index in [0.717, 1.165) is 0 Å². The maximum Gasteiger partial charge on any atom is 0.154 e. The molecule has 98 valence electrons. The third kappa shape index (κ3) is 2.16. The number of nitriles is 2. The molecule has 0 saturated carbocycles. The van der Waals surface area contributed by atoms with Crippen molar-refractivity contribution in [3.63, 3.8) is 0 Å². The van der Waals surface area contributed by atoms with Crippen LogP contribution >= 0.6 is 0 Å². The summed E-state index contributed by atoms with van der Waals surface area (Å²) < 4.78 is 14.4. The standard InChI is InChI=1S/C13H9FN6/c14-9-1-3-10(4-2-9)20-7-19-12(13(20)18)11(17)8(5-15)6-16/h1-4,7H,17-18H2. The molecule has 1 aromatic carbocycles. The minimum absolute atomic E-state index is 0.0895. The molecule has 0 unspecified atom stereocenters. The average Bonchev–Trinajstić information content (AvgIpc) is 2.83. The first-order chi connectivity index (χ1) is 9.58. The Morgan fingerprint density at radius 3 is 2.35 bits per heavy atom. The van der Waals surface area contributed by atoms with Gasteiger partial charge in [0.05, 0.1) is 5.70 Å². The molecule has 7 heteroatoms. The number of allylic oxidation sites excluding steroid dienone is 1. The molecular weight excluding hydrogens is 259 g/mol. The van der Waals surface area contributed by atoms with E-state index in [1.54, 1.807) is 12.1 Å². The molecule has 6 nitrogen and oxygen atoms in total. The van der Waals surface area contributed by atoms with Crippen molar-refractivity contribution in [3.05, 3.63) is 47.7 Å². The second-order valence-electron chi connectivity index (χ2n) is 3.84. The number of hydrogen-bond donors (Lipinski definition) is 2. The molecule has 0 bridgehead atoms. The van der Waals surface area contributed by atoms with Crippen LogP contribution in [0, 0.1) is 28.5 Å². The zero-order chi connectivity index (χ0) is 14.7. The summed E-state index contributed by atoms with van der Waals surface area (Å²) in [5.41, 5.74) is 12.0. The van der Waals surface area contributed by atoms with Crippen LogP contribution in [-0.4, -0.2) is 9.55 Å². The van der Waals surface area contributed by atoms with Gasteiger partial charge in [0.15, 0.2) is 5.57 Å². The van der Waals surface area contributed by atoms with Crippen molar-refractivity contribution in [2.24, 2.45) is 5.73 Å². The van der Waals surface area contributed by atoms with Crippen molar-refractivity contribution >= 4 is 11.5 Å². The van der Waals surface area contributed by atoms with Crippen LogP contribution in [0.2, 0.25) is 0 Å². The summed E-state index contributed by atoms with van der Waals surface area (Å²) in [5.74, 6) is -0.208. The number of benzene rings is 1. The Kier molecular flexibility index (Phi) is 3.36. The molecule has 2 rings (SSSR count). The summed E-state index contributed by atoms with van der Waals surface area (Å²) in [6.07, 6.45) is 1.39. The maximum atomic E-state index is 12.9. The lowest BCUT2D eigenvalue weighted by atomic mass is 10.2. The molecule has 1 heterocycles. The number of aromatic nitrogens is 2. The molecule has 0 saturated heterocycles. The molecule has 0 fully saturated rings. The summed E-state index contributed by atoms with van der Waals surface area (Å²) >= 11 is 0. The van der Waals surface area contributed by atoms with E-state index < -0.39 is 0 Å². The number of hydrogen-bond acceptors (Lipinski definition) is 5. The molecule has 0 aliphatic heterocycles. The Morgan fingerprint density at radius 1 is 1.20 bits per heavy atom. The lowest BCUT2D eigenvalue weighted by Gasteiger charge is -2.05. The summed E-state index contributed by atoms with van der Waals surface area (Å²) in [7, 11) is 0. The van der Waals surface area contributed by atoms with Crippen molar-refractivity contribution in [3.8, 4) is 17.8 Å². The van der Waals surface area contributed by atoms with Gasteiger partial charge in [0.2, 0.25) is 0 Å². The zero-order valence-corrected chi connectivity index (χ0v) is 10.2. The molecule has 4 N–H and O–H groups in total. The Hall–Kier alpha value is -3.32. The summed E-state index contributed by atoms with van der Waals surface area (Å²) in [5, 5.41) is 17.6. The highest BCUT2D eigenvalue weighted by Gasteiger charge is 2.15. The largest absolute Gasteiger partial charge is 0.395 e. The van der Waals surface area contributed by atoms with E-state index in [4.69, 9.17) is 22.0 Å². The third-order valence-electron chi connectivity index (χ3n) is 2.66. The fourth-order valence-corrected chi connectivity index (χ4v) is 1.64. The van der Waals surface area contributed by atoms with E-state index in [1.165, 1.54) is 35.2 Å².